The molecule has 6 atom stereocenters. The first kappa shape index (κ1) is 55.4. The Morgan fingerprint density at radius 1 is 0.642 bits per heavy atom. The highest BCUT2D eigenvalue weighted by Gasteiger charge is 2.43. The summed E-state index contributed by atoms with van der Waals surface area (Å²) in [6, 6.07) is 0. The number of carbonyl (C=O) groups is 4. The molecule has 0 aromatic carbocycles. The number of Topliss-reactive ketones (excluding diaryl/α,β-unsaturated/α-hetero) is 2. The van der Waals surface area contributed by atoms with Gasteiger partial charge < -0.3 is 49.6 Å². The molecule has 0 bridgehead atoms. The smallest absolute Gasteiger partial charge is 0.377 e. The van der Waals surface area contributed by atoms with E-state index in [4.69, 9.17) is 24.1 Å². The van der Waals surface area contributed by atoms with Crippen molar-refractivity contribution in [3.05, 3.63) is 153 Å². The molecule has 2 aliphatic heterocycles. The first-order chi connectivity index (χ1) is 31.4. The highest BCUT2D eigenvalue weighted by Crippen LogP contribution is 2.42. The summed E-state index contributed by atoms with van der Waals surface area (Å²) in [5.74, 6) is -4.70. The standard InChI is InChI=1S/C52H64O13.CH4O/c1-30(17-13-19-32(3)21-23-36-34(5)44(56)42(26-51(36,7)8)62-28-39(54)41-25-38(53)49(60)64-41)15-11-12-16-31(2)18-14-20-33(4)22-24-37-35(6)45(57)43(27-52(37,9)10)63-29-40(55)48-46(58)47(59)50(61)65-48;1-2/h11-25,39-43,48,53-55,58-59H,26-29H2,1-10H3;2H,1H3/b12-11+,17-13+,18-14+,23-21+,24-22+,30-15+,31-16+,32-19+,33-20+;. The molecule has 6 N–H and O–H groups in total. The molecule has 0 spiro atoms. The van der Waals surface area contributed by atoms with Crippen LogP contribution < -0.4 is 0 Å². The molecule has 4 rings (SSSR count). The molecule has 0 aromatic heterocycles. The van der Waals surface area contributed by atoms with E-state index >= 15 is 0 Å². The lowest BCUT2D eigenvalue weighted by Crippen LogP contribution is -2.41. The normalized spacial score (nSPS) is 25.3. The maximum absolute atomic E-state index is 13.2. The van der Waals surface area contributed by atoms with Crippen LogP contribution in [0.3, 0.4) is 0 Å². The van der Waals surface area contributed by atoms with E-state index in [2.05, 4.69) is 0 Å². The molecule has 67 heavy (non-hydrogen) atoms. The number of carbonyl (C=O) groups excluding carboxylic acids is 4. The maximum atomic E-state index is 13.2. The van der Waals surface area contributed by atoms with Gasteiger partial charge in [-0.1, -0.05) is 135 Å². The van der Waals surface area contributed by atoms with Crippen LogP contribution in [0.2, 0.25) is 0 Å². The fourth-order valence-electron chi connectivity index (χ4n) is 7.81. The monoisotopic (exact) mass is 928 g/mol. The van der Waals surface area contributed by atoms with Gasteiger partial charge in [-0.3, -0.25) is 9.59 Å². The van der Waals surface area contributed by atoms with Gasteiger partial charge in [0.1, 0.15) is 24.4 Å². The molecule has 0 fully saturated rings. The van der Waals surface area contributed by atoms with Gasteiger partial charge in [-0.2, -0.15) is 0 Å². The van der Waals surface area contributed by atoms with Crippen LogP contribution in [0.5, 0.6) is 0 Å². The zero-order valence-corrected chi connectivity index (χ0v) is 40.4. The summed E-state index contributed by atoms with van der Waals surface area (Å²) >= 11 is 0. The molecular formula is C53H68O14. The van der Waals surface area contributed by atoms with Crippen LogP contribution >= 0.6 is 0 Å². The summed E-state index contributed by atoms with van der Waals surface area (Å²) in [4.78, 5) is 49.4. The number of aliphatic hydroxyl groups is 6. The van der Waals surface area contributed by atoms with E-state index in [0.717, 1.165) is 46.6 Å². The van der Waals surface area contributed by atoms with E-state index in [1.165, 1.54) is 0 Å². The number of ether oxygens (including phenoxy) is 4. The number of hydrogen-bond donors (Lipinski definition) is 6. The van der Waals surface area contributed by atoms with Crippen LogP contribution in [0, 0.1) is 10.8 Å². The molecule has 0 aromatic rings. The number of aliphatic hydroxyl groups excluding tert-OH is 6. The highest BCUT2D eigenvalue weighted by atomic mass is 16.6. The first-order valence-electron chi connectivity index (χ1n) is 22.0. The van der Waals surface area contributed by atoms with Gasteiger partial charge in [-0.05, 0) is 87.5 Å². The Bertz CT molecular complexity index is 2290. The predicted octanol–water partition coefficient (Wildman–Crippen LogP) is 7.90. The van der Waals surface area contributed by atoms with E-state index in [-0.39, 0.29) is 30.2 Å². The van der Waals surface area contributed by atoms with Crippen LogP contribution in [0.15, 0.2) is 153 Å². The Balaban J connectivity index is 0.00000587. The molecule has 364 valence electrons. The lowest BCUT2D eigenvalue weighted by Gasteiger charge is -2.37. The molecule has 6 unspecified atom stereocenters. The minimum Gasteiger partial charge on any atom is -0.505 e. The minimum absolute atomic E-state index is 0.164. The molecule has 0 saturated heterocycles. The zero-order valence-electron chi connectivity index (χ0n) is 40.4. The van der Waals surface area contributed by atoms with Crippen molar-refractivity contribution in [1.29, 1.82) is 0 Å². The Morgan fingerprint density at radius 3 is 1.43 bits per heavy atom. The number of rotatable bonds is 18. The number of allylic oxidation sites excluding steroid dienone is 20. The SMILES string of the molecule is CC1=C(/C=C/C(C)=C/C=C/C(C)=C/C=C/C=C(C)/C=C/C=C(C)/C=C/C2=C(C)C(=O)C(OCC(O)C3OC(=O)C(O)=C3O)CC2(C)C)C(C)(C)CC(OCC(O)C2C=C(O)C(=O)O2)C1=O.CO. The van der Waals surface area contributed by atoms with Crippen molar-refractivity contribution in [3.8, 4) is 0 Å². The topological polar surface area (TPSA) is 227 Å². The third kappa shape index (κ3) is 15.3. The van der Waals surface area contributed by atoms with Gasteiger partial charge in [0, 0.05) is 13.2 Å². The van der Waals surface area contributed by atoms with Gasteiger partial charge in [0.05, 0.1) is 13.2 Å². The van der Waals surface area contributed by atoms with Crippen molar-refractivity contribution >= 4 is 23.5 Å². The van der Waals surface area contributed by atoms with Gasteiger partial charge in [0.25, 0.3) is 0 Å². The van der Waals surface area contributed by atoms with Crippen molar-refractivity contribution < 1.29 is 68.8 Å². The van der Waals surface area contributed by atoms with Gasteiger partial charge in [-0.15, -0.1) is 0 Å². The molecule has 14 heteroatoms. The third-order valence-electron chi connectivity index (χ3n) is 11.7. The Kier molecular flexibility index (Phi) is 20.5. The molecular weight excluding hydrogens is 861 g/mol. The van der Waals surface area contributed by atoms with Gasteiger partial charge in [0.2, 0.25) is 11.5 Å². The average Bonchev–Trinajstić information content (AvgIpc) is 3.75. The first-order valence-corrected chi connectivity index (χ1v) is 22.0. The third-order valence-corrected chi connectivity index (χ3v) is 11.7. The second-order valence-electron chi connectivity index (χ2n) is 18.2. The number of hydrogen-bond acceptors (Lipinski definition) is 14. The minimum atomic E-state index is -1.47. The van der Waals surface area contributed by atoms with E-state index in [1.54, 1.807) is 13.8 Å². The fourth-order valence-corrected chi connectivity index (χ4v) is 7.81. The molecule has 2 heterocycles. The van der Waals surface area contributed by atoms with Crippen LogP contribution in [0.4, 0.5) is 0 Å². The summed E-state index contributed by atoms with van der Waals surface area (Å²) in [7, 11) is 1.00. The summed E-state index contributed by atoms with van der Waals surface area (Å²) in [6.07, 6.45) is 22.8. The Morgan fingerprint density at radius 2 is 1.04 bits per heavy atom. The quantitative estimate of drug-likeness (QED) is 0.0568. The van der Waals surface area contributed by atoms with E-state index < -0.39 is 71.3 Å². The van der Waals surface area contributed by atoms with Crippen LogP contribution in [-0.4, -0.2) is 111 Å². The van der Waals surface area contributed by atoms with Crippen LogP contribution in [0.25, 0.3) is 0 Å². The molecule has 0 radical (unpaired) electrons. The summed E-state index contributed by atoms with van der Waals surface area (Å²) in [6.45, 7) is 19.0. The predicted molar refractivity (Wildman–Crippen MR) is 255 cm³/mol. The van der Waals surface area contributed by atoms with Crippen LogP contribution in [0.1, 0.15) is 82.1 Å². The largest absolute Gasteiger partial charge is 0.505 e. The molecule has 0 saturated carbocycles. The maximum Gasteiger partial charge on any atom is 0.377 e. The fraction of sp³-hybridized carbons (Fsp3) is 0.434. The lowest BCUT2D eigenvalue weighted by atomic mass is 9.71. The average molecular weight is 929 g/mol. The molecule has 0 amide bonds. The Labute approximate surface area is 394 Å². The molecule has 4 aliphatic rings. The van der Waals surface area contributed by atoms with E-state index in [9.17, 15) is 44.7 Å². The number of esters is 2. The second kappa shape index (κ2) is 24.7. The van der Waals surface area contributed by atoms with Crippen molar-refractivity contribution in [2.24, 2.45) is 10.8 Å². The summed E-state index contributed by atoms with van der Waals surface area (Å²) < 4.78 is 21.2. The summed E-state index contributed by atoms with van der Waals surface area (Å²) in [5.41, 5.74) is 6.18. The molecule has 2 aliphatic carbocycles. The van der Waals surface area contributed by atoms with Crippen molar-refractivity contribution in [1.82, 2.24) is 0 Å². The Hall–Kier alpha value is -5.90. The lowest BCUT2D eigenvalue weighted by molar-refractivity contribution is -0.151. The van der Waals surface area contributed by atoms with Gasteiger partial charge >= 0.3 is 11.9 Å². The highest BCUT2D eigenvalue weighted by molar-refractivity contribution is 6.01. The zero-order chi connectivity index (χ0) is 50.4. The van der Waals surface area contributed by atoms with E-state index in [1.807, 2.05) is 140 Å². The second-order valence-corrected chi connectivity index (χ2v) is 18.2. The van der Waals surface area contributed by atoms with Crippen molar-refractivity contribution in [3.63, 3.8) is 0 Å². The van der Waals surface area contributed by atoms with Crippen LogP contribution in [-0.2, 0) is 38.1 Å². The van der Waals surface area contributed by atoms with Crippen molar-refractivity contribution in [2.75, 3.05) is 20.3 Å². The number of cyclic esters (lactones) is 2. The summed E-state index contributed by atoms with van der Waals surface area (Å²) in [5, 5.41) is 56.6. The van der Waals surface area contributed by atoms with Crippen molar-refractivity contribution in [2.45, 2.75) is 119 Å². The molecule has 14 nitrogen and oxygen atoms in total. The number of ketones is 2. The van der Waals surface area contributed by atoms with E-state index in [0.29, 0.717) is 24.0 Å². The van der Waals surface area contributed by atoms with Gasteiger partial charge in [-0.25, -0.2) is 9.59 Å². The van der Waals surface area contributed by atoms with Gasteiger partial charge in [0.15, 0.2) is 29.5 Å².